The summed E-state index contributed by atoms with van der Waals surface area (Å²) < 4.78 is 0. The minimum absolute atomic E-state index is 0.492. The van der Waals surface area contributed by atoms with Crippen molar-refractivity contribution in [3.05, 3.63) is 21.9 Å². The maximum atomic E-state index is 3.79. The molecular formula is C14H23NS2. The van der Waals surface area contributed by atoms with Gasteiger partial charge in [0.25, 0.3) is 0 Å². The summed E-state index contributed by atoms with van der Waals surface area (Å²) in [5.74, 6) is 2.57. The first-order chi connectivity index (χ1) is 7.96. The third kappa shape index (κ3) is 3.73. The van der Waals surface area contributed by atoms with E-state index in [0.29, 0.717) is 17.5 Å². The zero-order valence-electron chi connectivity index (χ0n) is 11.2. The van der Waals surface area contributed by atoms with Crippen LogP contribution in [0.25, 0.3) is 0 Å². The van der Waals surface area contributed by atoms with Gasteiger partial charge in [-0.15, -0.1) is 11.3 Å². The summed E-state index contributed by atoms with van der Waals surface area (Å²) in [4.78, 5) is 2.88. The molecule has 0 amide bonds. The minimum Gasteiger partial charge on any atom is -0.306 e. The van der Waals surface area contributed by atoms with E-state index in [1.54, 1.807) is 0 Å². The van der Waals surface area contributed by atoms with Crippen molar-refractivity contribution in [2.45, 2.75) is 46.2 Å². The lowest BCUT2D eigenvalue weighted by atomic mass is 9.87. The van der Waals surface area contributed by atoms with Gasteiger partial charge in [0.1, 0.15) is 0 Å². The highest BCUT2D eigenvalue weighted by atomic mass is 32.2. The molecule has 1 saturated heterocycles. The van der Waals surface area contributed by atoms with Gasteiger partial charge in [0, 0.05) is 27.6 Å². The van der Waals surface area contributed by atoms with Crippen LogP contribution in [0.2, 0.25) is 0 Å². The van der Waals surface area contributed by atoms with E-state index in [1.807, 2.05) is 11.3 Å². The molecule has 17 heavy (non-hydrogen) atoms. The van der Waals surface area contributed by atoms with E-state index in [2.05, 4.69) is 56.9 Å². The van der Waals surface area contributed by atoms with E-state index < -0.39 is 0 Å². The van der Waals surface area contributed by atoms with Gasteiger partial charge in [-0.2, -0.15) is 11.8 Å². The van der Waals surface area contributed by atoms with Gasteiger partial charge in [-0.25, -0.2) is 0 Å². The van der Waals surface area contributed by atoms with Crippen LogP contribution in [0.1, 0.15) is 43.0 Å². The summed E-state index contributed by atoms with van der Waals surface area (Å²) in [6, 6.07) is 5.64. The standard InChI is InChI=1S/C14H23NS2/c1-10-5-6-13(17-10)11(2)15-12-7-14(3,4)9-16-8-12/h5-6,11-12,15H,7-9H2,1-4H3. The van der Waals surface area contributed by atoms with E-state index in [4.69, 9.17) is 0 Å². The molecule has 0 aliphatic carbocycles. The molecule has 1 aliphatic heterocycles. The number of nitrogens with one attached hydrogen (secondary N) is 1. The second-order valence-electron chi connectivity index (χ2n) is 5.92. The monoisotopic (exact) mass is 269 g/mol. The number of thiophene rings is 1. The van der Waals surface area contributed by atoms with Crippen molar-refractivity contribution >= 4 is 23.1 Å². The Morgan fingerprint density at radius 3 is 2.76 bits per heavy atom. The Morgan fingerprint density at radius 2 is 2.18 bits per heavy atom. The Morgan fingerprint density at radius 1 is 1.41 bits per heavy atom. The molecule has 2 rings (SSSR count). The third-order valence-electron chi connectivity index (χ3n) is 3.28. The van der Waals surface area contributed by atoms with Gasteiger partial charge in [-0.3, -0.25) is 0 Å². The van der Waals surface area contributed by atoms with E-state index in [9.17, 15) is 0 Å². The van der Waals surface area contributed by atoms with Crippen molar-refractivity contribution in [2.75, 3.05) is 11.5 Å². The van der Waals surface area contributed by atoms with Crippen molar-refractivity contribution in [2.24, 2.45) is 5.41 Å². The SMILES string of the molecule is Cc1ccc(C(C)NC2CSCC(C)(C)C2)s1. The van der Waals surface area contributed by atoms with Crippen LogP contribution in [0.3, 0.4) is 0 Å². The van der Waals surface area contributed by atoms with Gasteiger partial charge in [-0.05, 0) is 43.6 Å². The average Bonchev–Trinajstić information content (AvgIpc) is 2.63. The summed E-state index contributed by atoms with van der Waals surface area (Å²) in [7, 11) is 0. The van der Waals surface area contributed by atoms with Crippen LogP contribution >= 0.6 is 23.1 Å². The Hall–Kier alpha value is 0.01000. The summed E-state index contributed by atoms with van der Waals surface area (Å²) in [6.45, 7) is 9.24. The maximum absolute atomic E-state index is 3.79. The molecule has 0 spiro atoms. The molecule has 0 bridgehead atoms. The summed E-state index contributed by atoms with van der Waals surface area (Å²) >= 11 is 4.01. The van der Waals surface area contributed by atoms with Crippen LogP contribution in [-0.2, 0) is 0 Å². The van der Waals surface area contributed by atoms with Gasteiger partial charge in [0.05, 0.1) is 0 Å². The highest BCUT2D eigenvalue weighted by molar-refractivity contribution is 7.99. The molecule has 2 heterocycles. The first kappa shape index (κ1) is 13.4. The zero-order chi connectivity index (χ0) is 12.5. The molecule has 0 radical (unpaired) electrons. The Bertz CT molecular complexity index is 370. The minimum atomic E-state index is 0.492. The number of hydrogen-bond acceptors (Lipinski definition) is 3. The fourth-order valence-corrected chi connectivity index (χ4v) is 4.67. The second-order valence-corrected chi connectivity index (χ2v) is 8.27. The second kappa shape index (κ2) is 5.33. The predicted octanol–water partition coefficient (Wildman–Crippen LogP) is 4.24. The molecule has 1 aromatic rings. The molecule has 0 saturated carbocycles. The van der Waals surface area contributed by atoms with Crippen molar-refractivity contribution in [1.82, 2.24) is 5.32 Å². The molecule has 1 nitrogen and oxygen atoms in total. The lowest BCUT2D eigenvalue weighted by Gasteiger charge is -2.36. The molecule has 96 valence electrons. The van der Waals surface area contributed by atoms with Gasteiger partial charge in [0.2, 0.25) is 0 Å². The van der Waals surface area contributed by atoms with Gasteiger partial charge in [0.15, 0.2) is 0 Å². The largest absolute Gasteiger partial charge is 0.306 e. The molecular weight excluding hydrogens is 246 g/mol. The molecule has 3 heteroatoms. The van der Waals surface area contributed by atoms with Crippen LogP contribution in [0, 0.1) is 12.3 Å². The maximum Gasteiger partial charge on any atom is 0.0388 e. The Kier molecular flexibility index (Phi) is 4.22. The lowest BCUT2D eigenvalue weighted by molar-refractivity contribution is 0.306. The highest BCUT2D eigenvalue weighted by Gasteiger charge is 2.29. The third-order valence-corrected chi connectivity index (χ3v) is 6.09. The van der Waals surface area contributed by atoms with Crippen LogP contribution in [0.15, 0.2) is 12.1 Å². The zero-order valence-corrected chi connectivity index (χ0v) is 12.9. The van der Waals surface area contributed by atoms with E-state index in [1.165, 1.54) is 27.7 Å². The fraction of sp³-hybridized carbons (Fsp3) is 0.714. The lowest BCUT2D eigenvalue weighted by Crippen LogP contribution is -2.41. The van der Waals surface area contributed by atoms with E-state index >= 15 is 0 Å². The van der Waals surface area contributed by atoms with Crippen LogP contribution in [0.4, 0.5) is 0 Å². The average molecular weight is 269 g/mol. The van der Waals surface area contributed by atoms with Crippen molar-refractivity contribution < 1.29 is 0 Å². The van der Waals surface area contributed by atoms with Crippen LogP contribution in [-0.4, -0.2) is 17.5 Å². The molecule has 1 aliphatic rings. The smallest absolute Gasteiger partial charge is 0.0388 e. The van der Waals surface area contributed by atoms with Crippen molar-refractivity contribution in [3.8, 4) is 0 Å². The number of rotatable bonds is 3. The summed E-state index contributed by atoms with van der Waals surface area (Å²) in [5.41, 5.74) is 0.492. The van der Waals surface area contributed by atoms with Crippen LogP contribution in [0.5, 0.6) is 0 Å². The van der Waals surface area contributed by atoms with Gasteiger partial charge >= 0.3 is 0 Å². The molecule has 1 fully saturated rings. The van der Waals surface area contributed by atoms with E-state index in [-0.39, 0.29) is 0 Å². The first-order valence-electron chi connectivity index (χ1n) is 6.36. The molecule has 1 N–H and O–H groups in total. The van der Waals surface area contributed by atoms with Crippen molar-refractivity contribution in [3.63, 3.8) is 0 Å². The fourth-order valence-electron chi connectivity index (χ4n) is 2.49. The number of hydrogen-bond donors (Lipinski definition) is 1. The molecule has 0 aromatic carbocycles. The Balaban J connectivity index is 1.92. The summed E-state index contributed by atoms with van der Waals surface area (Å²) in [5, 5.41) is 3.79. The number of thioether (sulfide) groups is 1. The normalized spacial score (nSPS) is 25.8. The predicted molar refractivity (Wildman–Crippen MR) is 80.1 cm³/mol. The highest BCUT2D eigenvalue weighted by Crippen LogP contribution is 2.34. The van der Waals surface area contributed by atoms with Crippen molar-refractivity contribution in [1.29, 1.82) is 0 Å². The molecule has 2 atom stereocenters. The van der Waals surface area contributed by atoms with Gasteiger partial charge in [-0.1, -0.05) is 13.8 Å². The Labute approximate surface area is 113 Å². The van der Waals surface area contributed by atoms with E-state index in [0.717, 1.165) is 0 Å². The molecule has 2 unspecified atom stereocenters. The topological polar surface area (TPSA) is 12.0 Å². The first-order valence-corrected chi connectivity index (χ1v) is 8.33. The summed E-state index contributed by atoms with van der Waals surface area (Å²) in [6.07, 6.45) is 1.30. The quantitative estimate of drug-likeness (QED) is 0.881. The number of aryl methyl sites for hydroxylation is 1. The molecule has 1 aromatic heterocycles. The van der Waals surface area contributed by atoms with Crippen LogP contribution < -0.4 is 5.32 Å². The van der Waals surface area contributed by atoms with Gasteiger partial charge < -0.3 is 5.32 Å².